The smallest absolute Gasteiger partial charge is 0.317 e. The molecule has 1 fully saturated rings. The number of nitrogens with zero attached hydrogens (tertiary/aromatic N) is 2. The van der Waals surface area contributed by atoms with Gasteiger partial charge in [-0.05, 0) is 34.1 Å². The molecule has 4 nitrogen and oxygen atoms in total. The van der Waals surface area contributed by atoms with Gasteiger partial charge in [0.05, 0.1) is 0 Å². The number of piperazine rings is 1. The Morgan fingerprint density at radius 1 is 1.24 bits per heavy atom. The number of urea groups is 1. The molecular formula is C13H27N3O. The van der Waals surface area contributed by atoms with E-state index in [1.165, 1.54) is 6.42 Å². The maximum absolute atomic E-state index is 12.0. The van der Waals surface area contributed by atoms with Gasteiger partial charge in [-0.15, -0.1) is 0 Å². The molecule has 0 saturated carbocycles. The van der Waals surface area contributed by atoms with Gasteiger partial charge in [0.15, 0.2) is 0 Å². The van der Waals surface area contributed by atoms with Gasteiger partial charge < -0.3 is 10.2 Å². The minimum absolute atomic E-state index is 0.0706. The van der Waals surface area contributed by atoms with Crippen LogP contribution in [0.1, 0.15) is 41.0 Å². The molecule has 1 atom stereocenters. The summed E-state index contributed by atoms with van der Waals surface area (Å²) in [6, 6.07) is 0.698. The molecule has 1 aliphatic rings. The molecule has 2 amide bonds. The van der Waals surface area contributed by atoms with E-state index in [1.807, 2.05) is 25.7 Å². The summed E-state index contributed by atoms with van der Waals surface area (Å²) in [5.41, 5.74) is -0.148. The molecular weight excluding hydrogens is 214 g/mol. The van der Waals surface area contributed by atoms with Crippen molar-refractivity contribution in [2.24, 2.45) is 0 Å². The summed E-state index contributed by atoms with van der Waals surface area (Å²) in [5.74, 6) is 0. The van der Waals surface area contributed by atoms with Crippen LogP contribution in [-0.2, 0) is 0 Å². The summed E-state index contributed by atoms with van der Waals surface area (Å²) in [5, 5.41) is 3.02. The van der Waals surface area contributed by atoms with E-state index < -0.39 is 0 Å². The molecule has 0 aromatic rings. The van der Waals surface area contributed by atoms with Crippen molar-refractivity contribution in [3.05, 3.63) is 0 Å². The Balaban J connectivity index is 2.39. The summed E-state index contributed by atoms with van der Waals surface area (Å²) in [7, 11) is 0. The van der Waals surface area contributed by atoms with Crippen molar-refractivity contribution in [3.63, 3.8) is 0 Å². The fourth-order valence-electron chi connectivity index (χ4n) is 2.02. The molecule has 1 heterocycles. The molecule has 0 spiro atoms. The maximum atomic E-state index is 12.0. The Kier molecular flexibility index (Phi) is 4.80. The van der Waals surface area contributed by atoms with Crippen molar-refractivity contribution in [2.75, 3.05) is 26.2 Å². The summed E-state index contributed by atoms with van der Waals surface area (Å²) in [6.07, 6.45) is 1.17. The Labute approximate surface area is 105 Å². The number of carbonyl (C=O) groups excluding carboxylic acids is 1. The predicted octanol–water partition coefficient (Wildman–Crippen LogP) is 1.91. The van der Waals surface area contributed by atoms with Crippen LogP contribution in [0.2, 0.25) is 0 Å². The van der Waals surface area contributed by atoms with Gasteiger partial charge in [0.2, 0.25) is 0 Å². The topological polar surface area (TPSA) is 35.6 Å². The lowest BCUT2D eigenvalue weighted by Gasteiger charge is -2.38. The van der Waals surface area contributed by atoms with Gasteiger partial charge >= 0.3 is 6.03 Å². The van der Waals surface area contributed by atoms with Crippen LogP contribution in [-0.4, -0.2) is 53.6 Å². The first-order valence-corrected chi connectivity index (χ1v) is 6.64. The van der Waals surface area contributed by atoms with Gasteiger partial charge in [-0.3, -0.25) is 4.90 Å². The molecule has 1 unspecified atom stereocenters. The van der Waals surface area contributed by atoms with Gasteiger partial charge in [0.25, 0.3) is 0 Å². The molecule has 17 heavy (non-hydrogen) atoms. The molecule has 0 radical (unpaired) electrons. The lowest BCUT2D eigenvalue weighted by atomic mass is 10.1. The van der Waals surface area contributed by atoms with Gasteiger partial charge in [0.1, 0.15) is 0 Å². The lowest BCUT2D eigenvalue weighted by molar-refractivity contribution is 0.109. The van der Waals surface area contributed by atoms with E-state index >= 15 is 0 Å². The number of carbonyl (C=O) groups is 1. The third-order valence-electron chi connectivity index (χ3n) is 3.30. The van der Waals surface area contributed by atoms with E-state index in [-0.39, 0.29) is 11.6 Å². The highest BCUT2D eigenvalue weighted by molar-refractivity contribution is 5.75. The first-order valence-electron chi connectivity index (χ1n) is 6.64. The zero-order chi connectivity index (χ0) is 13.1. The molecule has 0 aliphatic carbocycles. The minimum atomic E-state index is -0.148. The first kappa shape index (κ1) is 14.3. The lowest BCUT2D eigenvalue weighted by Crippen LogP contribution is -2.56. The number of rotatable bonds is 2. The van der Waals surface area contributed by atoms with Crippen LogP contribution in [0.25, 0.3) is 0 Å². The SMILES string of the molecule is CCC(C)N1CCN(C(=O)NC(C)(C)C)CC1. The van der Waals surface area contributed by atoms with Crippen LogP contribution in [0.3, 0.4) is 0 Å². The van der Waals surface area contributed by atoms with Gasteiger partial charge in [-0.2, -0.15) is 0 Å². The van der Waals surface area contributed by atoms with Crippen molar-refractivity contribution in [3.8, 4) is 0 Å². The van der Waals surface area contributed by atoms with Crippen LogP contribution in [0.5, 0.6) is 0 Å². The Morgan fingerprint density at radius 3 is 2.18 bits per heavy atom. The van der Waals surface area contributed by atoms with Crippen molar-refractivity contribution in [2.45, 2.75) is 52.6 Å². The van der Waals surface area contributed by atoms with Crippen LogP contribution in [0.15, 0.2) is 0 Å². The fraction of sp³-hybridized carbons (Fsp3) is 0.923. The van der Waals surface area contributed by atoms with E-state index in [4.69, 9.17) is 0 Å². The van der Waals surface area contributed by atoms with E-state index in [0.29, 0.717) is 6.04 Å². The van der Waals surface area contributed by atoms with Crippen molar-refractivity contribution in [1.29, 1.82) is 0 Å². The molecule has 1 aliphatic heterocycles. The first-order chi connectivity index (χ1) is 7.83. The standard InChI is InChI=1S/C13H27N3O/c1-6-11(2)15-7-9-16(10-8-15)12(17)14-13(3,4)5/h11H,6-10H2,1-5H3,(H,14,17). The summed E-state index contributed by atoms with van der Waals surface area (Å²) in [6.45, 7) is 14.2. The maximum Gasteiger partial charge on any atom is 0.317 e. The second-order valence-corrected chi connectivity index (χ2v) is 5.96. The molecule has 100 valence electrons. The van der Waals surface area contributed by atoms with Crippen molar-refractivity contribution >= 4 is 6.03 Å². The number of hydrogen-bond acceptors (Lipinski definition) is 2. The summed E-state index contributed by atoms with van der Waals surface area (Å²) in [4.78, 5) is 16.3. The second kappa shape index (κ2) is 5.71. The number of amides is 2. The van der Waals surface area contributed by atoms with Gasteiger partial charge in [-0.25, -0.2) is 4.79 Å². The van der Waals surface area contributed by atoms with E-state index in [9.17, 15) is 4.79 Å². The average Bonchev–Trinajstić information content (AvgIpc) is 2.26. The van der Waals surface area contributed by atoms with Crippen molar-refractivity contribution in [1.82, 2.24) is 15.1 Å². The van der Waals surface area contributed by atoms with Gasteiger partial charge in [0, 0.05) is 37.8 Å². The van der Waals surface area contributed by atoms with E-state index in [2.05, 4.69) is 24.1 Å². The fourth-order valence-corrected chi connectivity index (χ4v) is 2.02. The van der Waals surface area contributed by atoms with Crippen molar-refractivity contribution < 1.29 is 4.79 Å². The molecule has 1 rings (SSSR count). The Bertz CT molecular complexity index is 252. The third kappa shape index (κ3) is 4.54. The largest absolute Gasteiger partial charge is 0.333 e. The minimum Gasteiger partial charge on any atom is -0.333 e. The predicted molar refractivity (Wildman–Crippen MR) is 71.2 cm³/mol. The highest BCUT2D eigenvalue weighted by Crippen LogP contribution is 2.09. The molecule has 0 aromatic carbocycles. The molecule has 1 N–H and O–H groups in total. The highest BCUT2D eigenvalue weighted by Gasteiger charge is 2.25. The molecule has 0 bridgehead atoms. The third-order valence-corrected chi connectivity index (χ3v) is 3.30. The normalized spacial score (nSPS) is 20.2. The van der Waals surface area contributed by atoms with Crippen LogP contribution < -0.4 is 5.32 Å². The zero-order valence-corrected chi connectivity index (χ0v) is 11.9. The number of hydrogen-bond donors (Lipinski definition) is 1. The summed E-state index contributed by atoms with van der Waals surface area (Å²) >= 11 is 0. The van der Waals surface area contributed by atoms with Gasteiger partial charge in [-0.1, -0.05) is 6.92 Å². The quantitative estimate of drug-likeness (QED) is 0.801. The average molecular weight is 241 g/mol. The molecule has 1 saturated heterocycles. The van der Waals surface area contributed by atoms with E-state index in [0.717, 1.165) is 26.2 Å². The van der Waals surface area contributed by atoms with E-state index in [1.54, 1.807) is 0 Å². The van der Waals surface area contributed by atoms with Crippen LogP contribution in [0, 0.1) is 0 Å². The van der Waals surface area contributed by atoms with Crippen LogP contribution >= 0.6 is 0 Å². The number of nitrogens with one attached hydrogen (secondary N) is 1. The Morgan fingerprint density at radius 2 is 1.76 bits per heavy atom. The second-order valence-electron chi connectivity index (χ2n) is 5.96. The zero-order valence-electron chi connectivity index (χ0n) is 11.9. The highest BCUT2D eigenvalue weighted by atomic mass is 16.2. The Hall–Kier alpha value is -0.770. The molecule has 0 aromatic heterocycles. The monoisotopic (exact) mass is 241 g/mol. The van der Waals surface area contributed by atoms with Crippen LogP contribution in [0.4, 0.5) is 4.79 Å². The summed E-state index contributed by atoms with van der Waals surface area (Å²) < 4.78 is 0. The molecule has 4 heteroatoms.